The van der Waals surface area contributed by atoms with E-state index >= 15 is 0 Å². The molecule has 3 N–H and O–H groups in total. The van der Waals surface area contributed by atoms with Crippen LogP contribution in [-0.4, -0.2) is 47.5 Å². The van der Waals surface area contributed by atoms with Gasteiger partial charge in [0.2, 0.25) is 11.7 Å². The van der Waals surface area contributed by atoms with Crippen LogP contribution in [0.2, 0.25) is 0 Å². The molecule has 7 heteroatoms. The maximum absolute atomic E-state index is 11.9. The first kappa shape index (κ1) is 10.6. The molecule has 2 heterocycles. The number of nitrogens with one attached hydrogen (secondary N) is 1. The first-order chi connectivity index (χ1) is 7.70. The fourth-order valence-electron chi connectivity index (χ4n) is 1.67. The second-order valence-electron chi connectivity index (χ2n) is 3.50. The van der Waals surface area contributed by atoms with Crippen LogP contribution in [0, 0.1) is 0 Å². The van der Waals surface area contributed by atoms with Crippen molar-refractivity contribution in [3.05, 3.63) is 18.0 Å². The van der Waals surface area contributed by atoms with Gasteiger partial charge in [-0.05, 0) is 0 Å². The molecule has 16 heavy (non-hydrogen) atoms. The molecule has 1 unspecified atom stereocenters. The predicted octanol–water partition coefficient (Wildman–Crippen LogP) is -1.43. The van der Waals surface area contributed by atoms with Crippen LogP contribution in [0.5, 0.6) is 0 Å². The van der Waals surface area contributed by atoms with E-state index in [2.05, 4.69) is 10.5 Å². The first-order valence-electron chi connectivity index (χ1n) is 4.92. The molecule has 1 fully saturated rings. The van der Waals surface area contributed by atoms with Gasteiger partial charge in [-0.15, -0.1) is 0 Å². The fourth-order valence-corrected chi connectivity index (χ4v) is 1.67. The van der Waals surface area contributed by atoms with Gasteiger partial charge in [0.25, 0.3) is 5.91 Å². The van der Waals surface area contributed by atoms with Crippen LogP contribution in [0.4, 0.5) is 0 Å². The molecule has 0 spiro atoms. The zero-order valence-electron chi connectivity index (χ0n) is 8.55. The van der Waals surface area contributed by atoms with Gasteiger partial charge in [-0.1, -0.05) is 5.16 Å². The summed E-state index contributed by atoms with van der Waals surface area (Å²) in [5, 5.41) is 6.46. The van der Waals surface area contributed by atoms with E-state index in [1.165, 1.54) is 17.2 Å². The lowest BCUT2D eigenvalue weighted by Crippen LogP contribution is -2.58. The van der Waals surface area contributed by atoms with E-state index in [0.717, 1.165) is 0 Å². The summed E-state index contributed by atoms with van der Waals surface area (Å²) in [6, 6.07) is 0.828. The molecule has 1 aromatic rings. The van der Waals surface area contributed by atoms with Crippen LogP contribution in [-0.2, 0) is 4.79 Å². The summed E-state index contributed by atoms with van der Waals surface area (Å²) >= 11 is 0. The number of carbonyl (C=O) groups is 2. The van der Waals surface area contributed by atoms with Crippen molar-refractivity contribution < 1.29 is 14.1 Å². The number of rotatable bonds is 2. The van der Waals surface area contributed by atoms with Crippen molar-refractivity contribution in [1.29, 1.82) is 0 Å². The Labute approximate surface area is 91.6 Å². The highest BCUT2D eigenvalue weighted by atomic mass is 16.5. The Bertz CT molecular complexity index is 389. The number of piperazine rings is 1. The number of nitrogens with two attached hydrogens (primary N) is 1. The highest BCUT2D eigenvalue weighted by Crippen LogP contribution is 2.09. The van der Waals surface area contributed by atoms with Crippen molar-refractivity contribution in [3.8, 4) is 0 Å². The average Bonchev–Trinajstić information content (AvgIpc) is 2.81. The molecule has 0 radical (unpaired) electrons. The molecule has 7 nitrogen and oxygen atoms in total. The highest BCUT2D eigenvalue weighted by Gasteiger charge is 2.32. The summed E-state index contributed by atoms with van der Waals surface area (Å²) in [4.78, 5) is 24.5. The van der Waals surface area contributed by atoms with Crippen molar-refractivity contribution in [2.24, 2.45) is 5.73 Å². The minimum absolute atomic E-state index is 0.119. The van der Waals surface area contributed by atoms with E-state index in [0.29, 0.717) is 19.6 Å². The Morgan fingerprint density at radius 2 is 2.44 bits per heavy atom. The number of hydrogen-bond acceptors (Lipinski definition) is 5. The Morgan fingerprint density at radius 1 is 1.62 bits per heavy atom. The van der Waals surface area contributed by atoms with Crippen molar-refractivity contribution in [3.63, 3.8) is 0 Å². The molecule has 1 saturated heterocycles. The molecule has 1 aliphatic rings. The number of carbonyl (C=O) groups excluding carboxylic acids is 2. The Balaban J connectivity index is 2.17. The van der Waals surface area contributed by atoms with Gasteiger partial charge in [-0.2, -0.15) is 0 Å². The lowest BCUT2D eigenvalue weighted by Gasteiger charge is -2.33. The Kier molecular flexibility index (Phi) is 2.86. The van der Waals surface area contributed by atoms with Gasteiger partial charge in [0.1, 0.15) is 6.04 Å². The molecule has 2 amide bonds. The zero-order valence-corrected chi connectivity index (χ0v) is 8.55. The average molecular weight is 224 g/mol. The van der Waals surface area contributed by atoms with Gasteiger partial charge in [0.05, 0.1) is 6.20 Å². The Morgan fingerprint density at radius 3 is 3.06 bits per heavy atom. The summed E-state index contributed by atoms with van der Waals surface area (Å²) in [6.07, 6.45) is 1.38. The van der Waals surface area contributed by atoms with E-state index in [9.17, 15) is 9.59 Å². The molecule has 1 atom stereocenters. The number of amides is 2. The molecule has 2 rings (SSSR count). The molecular formula is C9H12N4O3. The number of hydrogen-bond donors (Lipinski definition) is 2. The summed E-state index contributed by atoms with van der Waals surface area (Å²) in [6.45, 7) is 1.42. The summed E-state index contributed by atoms with van der Waals surface area (Å²) in [7, 11) is 0. The standard InChI is InChI=1S/C9H12N4O3/c10-8(14)6-5-11-3-4-13(6)9(15)7-1-2-12-16-7/h1-2,6,11H,3-5H2,(H2,10,14). The third-order valence-corrected chi connectivity index (χ3v) is 2.48. The van der Waals surface area contributed by atoms with Crippen LogP contribution < -0.4 is 11.1 Å². The molecular weight excluding hydrogens is 212 g/mol. The normalized spacial score (nSPS) is 20.8. The minimum Gasteiger partial charge on any atom is -0.368 e. The maximum atomic E-state index is 11.9. The SMILES string of the molecule is NC(=O)C1CNCCN1C(=O)c1ccno1. The monoisotopic (exact) mass is 224 g/mol. The number of nitrogens with zero attached hydrogens (tertiary/aromatic N) is 2. The predicted molar refractivity (Wildman–Crippen MR) is 53.4 cm³/mol. The van der Waals surface area contributed by atoms with E-state index in [1.807, 2.05) is 0 Å². The van der Waals surface area contributed by atoms with Crippen molar-refractivity contribution in [1.82, 2.24) is 15.4 Å². The molecule has 0 saturated carbocycles. The van der Waals surface area contributed by atoms with E-state index in [4.69, 9.17) is 10.3 Å². The lowest BCUT2D eigenvalue weighted by atomic mass is 10.1. The maximum Gasteiger partial charge on any atom is 0.293 e. The molecule has 1 aromatic heterocycles. The Hall–Kier alpha value is -1.89. The molecule has 0 bridgehead atoms. The van der Waals surface area contributed by atoms with Crippen LogP contribution in [0.15, 0.2) is 16.8 Å². The lowest BCUT2D eigenvalue weighted by molar-refractivity contribution is -0.122. The quantitative estimate of drug-likeness (QED) is 0.641. The van der Waals surface area contributed by atoms with Gasteiger partial charge in [0, 0.05) is 25.7 Å². The molecule has 1 aliphatic heterocycles. The van der Waals surface area contributed by atoms with Crippen molar-refractivity contribution in [2.45, 2.75) is 6.04 Å². The number of primary amides is 1. The summed E-state index contributed by atoms with van der Waals surface area (Å²) < 4.78 is 4.76. The zero-order chi connectivity index (χ0) is 11.5. The van der Waals surface area contributed by atoms with Crippen molar-refractivity contribution in [2.75, 3.05) is 19.6 Å². The number of aromatic nitrogens is 1. The third kappa shape index (κ3) is 1.89. The van der Waals surface area contributed by atoms with Crippen molar-refractivity contribution >= 4 is 11.8 Å². The van der Waals surface area contributed by atoms with Gasteiger partial charge < -0.3 is 20.5 Å². The van der Waals surface area contributed by atoms with Crippen LogP contribution >= 0.6 is 0 Å². The third-order valence-electron chi connectivity index (χ3n) is 2.48. The van der Waals surface area contributed by atoms with Gasteiger partial charge in [-0.25, -0.2) is 0 Å². The largest absolute Gasteiger partial charge is 0.368 e. The molecule has 0 aliphatic carbocycles. The van der Waals surface area contributed by atoms with E-state index in [1.54, 1.807) is 0 Å². The topological polar surface area (TPSA) is 101 Å². The van der Waals surface area contributed by atoms with E-state index in [-0.39, 0.29) is 11.7 Å². The van der Waals surface area contributed by atoms with Crippen LogP contribution in [0.3, 0.4) is 0 Å². The second-order valence-corrected chi connectivity index (χ2v) is 3.50. The first-order valence-corrected chi connectivity index (χ1v) is 4.92. The smallest absolute Gasteiger partial charge is 0.293 e. The summed E-state index contributed by atoms with van der Waals surface area (Å²) in [5.41, 5.74) is 5.23. The van der Waals surface area contributed by atoms with Gasteiger partial charge in [-0.3, -0.25) is 9.59 Å². The van der Waals surface area contributed by atoms with E-state index < -0.39 is 11.9 Å². The van der Waals surface area contributed by atoms with Gasteiger partial charge >= 0.3 is 0 Å². The van der Waals surface area contributed by atoms with Crippen LogP contribution in [0.1, 0.15) is 10.6 Å². The highest BCUT2D eigenvalue weighted by molar-refractivity contribution is 5.95. The molecule has 86 valence electrons. The fraction of sp³-hybridized carbons (Fsp3) is 0.444. The second kappa shape index (κ2) is 4.31. The minimum atomic E-state index is -0.633. The summed E-state index contributed by atoms with van der Waals surface area (Å²) in [5.74, 6) is -0.768. The molecule has 0 aromatic carbocycles. The van der Waals surface area contributed by atoms with Crippen LogP contribution in [0.25, 0.3) is 0 Å². The van der Waals surface area contributed by atoms with Gasteiger partial charge in [0.15, 0.2) is 0 Å².